The molecule has 2 rings (SSSR count). The Morgan fingerprint density at radius 3 is 2.07 bits per heavy atom. The number of carbonyl (C=O) groups is 2. The van der Waals surface area contributed by atoms with Crippen molar-refractivity contribution in [3.63, 3.8) is 0 Å². The Bertz CT molecular complexity index is 599. The van der Waals surface area contributed by atoms with Crippen LogP contribution in [-0.2, 0) is 16.0 Å². The first-order valence-corrected chi connectivity index (χ1v) is 10.8. The van der Waals surface area contributed by atoms with Crippen LogP contribution in [0.15, 0.2) is 24.3 Å². The molecule has 0 saturated heterocycles. The quantitative estimate of drug-likeness (QED) is 0.449. The number of para-hydroxylation sites is 1. The fourth-order valence-corrected chi connectivity index (χ4v) is 3.95. The highest BCUT2D eigenvalue weighted by molar-refractivity contribution is 6.01. The van der Waals surface area contributed by atoms with Gasteiger partial charge in [0.2, 0.25) is 5.91 Å². The third-order valence-electron chi connectivity index (χ3n) is 5.52. The summed E-state index contributed by atoms with van der Waals surface area (Å²) in [4.78, 5) is 25.7. The molecule has 0 bridgehead atoms. The molecule has 1 aromatic carbocycles. The van der Waals surface area contributed by atoms with E-state index >= 15 is 0 Å². The van der Waals surface area contributed by atoms with Crippen LogP contribution >= 0.6 is 0 Å². The zero-order chi connectivity index (χ0) is 19.5. The van der Waals surface area contributed by atoms with E-state index in [0.717, 1.165) is 24.1 Å². The second kappa shape index (κ2) is 11.8. The van der Waals surface area contributed by atoms with E-state index in [9.17, 15) is 14.7 Å². The predicted molar refractivity (Wildman–Crippen MR) is 110 cm³/mol. The molecule has 4 heteroatoms. The topological polar surface area (TPSA) is 57.6 Å². The lowest BCUT2D eigenvalue weighted by atomic mass is 10.0. The summed E-state index contributed by atoms with van der Waals surface area (Å²) in [5.41, 5.74) is 1.73. The maximum atomic E-state index is 12.6. The second-order valence-corrected chi connectivity index (χ2v) is 7.74. The van der Waals surface area contributed by atoms with Crippen LogP contribution in [0.5, 0.6) is 0 Å². The fraction of sp³-hybridized carbons (Fsp3) is 0.652. The Morgan fingerprint density at radius 1 is 0.926 bits per heavy atom. The van der Waals surface area contributed by atoms with Gasteiger partial charge in [-0.3, -0.25) is 9.69 Å². The third kappa shape index (κ3) is 6.67. The van der Waals surface area contributed by atoms with Crippen molar-refractivity contribution >= 4 is 17.6 Å². The molecule has 1 aliphatic heterocycles. The van der Waals surface area contributed by atoms with Crippen molar-refractivity contribution in [2.24, 2.45) is 0 Å². The normalized spacial score (nSPS) is 15.7. The van der Waals surface area contributed by atoms with Crippen LogP contribution in [0.4, 0.5) is 5.69 Å². The molecule has 0 spiro atoms. The summed E-state index contributed by atoms with van der Waals surface area (Å²) in [6, 6.07) is 6.79. The van der Waals surface area contributed by atoms with Gasteiger partial charge in [0.15, 0.2) is 0 Å². The Labute approximate surface area is 164 Å². The average molecular weight is 374 g/mol. The molecule has 0 aromatic heterocycles. The van der Waals surface area contributed by atoms with E-state index in [1.165, 1.54) is 62.7 Å². The van der Waals surface area contributed by atoms with Crippen LogP contribution in [-0.4, -0.2) is 23.0 Å². The summed E-state index contributed by atoms with van der Waals surface area (Å²) in [6.45, 7) is 2.25. The van der Waals surface area contributed by atoms with E-state index in [-0.39, 0.29) is 5.91 Å². The molecule has 1 amide bonds. The number of unbranched alkanes of at least 4 members (excludes halogenated alkanes) is 10. The molecule has 0 fully saturated rings. The smallest absolute Gasteiger partial charge is 0.327 e. The number of amides is 1. The van der Waals surface area contributed by atoms with Crippen molar-refractivity contribution in [3.8, 4) is 0 Å². The Hall–Kier alpha value is -1.84. The minimum Gasteiger partial charge on any atom is -0.480 e. The van der Waals surface area contributed by atoms with Gasteiger partial charge in [0.25, 0.3) is 0 Å². The van der Waals surface area contributed by atoms with Gasteiger partial charge in [0, 0.05) is 18.5 Å². The van der Waals surface area contributed by atoms with Gasteiger partial charge in [-0.25, -0.2) is 4.79 Å². The molecule has 1 atom stereocenters. The standard InChI is InChI=1S/C23H35NO3/c1-2-3-4-5-6-7-8-9-10-11-12-17-22(25)24-20-16-14-13-15-19(20)18-21(24)23(26)27/h13-16,21H,2-12,17-18H2,1H3,(H,26,27)/t21-/m0/s1. The molecule has 1 heterocycles. The van der Waals surface area contributed by atoms with E-state index in [1.807, 2.05) is 24.3 Å². The molecule has 1 aliphatic rings. The lowest BCUT2D eigenvalue weighted by Crippen LogP contribution is -2.42. The highest BCUT2D eigenvalue weighted by Crippen LogP contribution is 2.33. The summed E-state index contributed by atoms with van der Waals surface area (Å²) >= 11 is 0. The first-order chi connectivity index (χ1) is 13.1. The first-order valence-electron chi connectivity index (χ1n) is 10.8. The number of hydrogen-bond acceptors (Lipinski definition) is 2. The van der Waals surface area contributed by atoms with Crippen LogP contribution < -0.4 is 4.90 Å². The summed E-state index contributed by atoms with van der Waals surface area (Å²) in [7, 11) is 0. The average Bonchev–Trinajstić information content (AvgIpc) is 3.06. The van der Waals surface area contributed by atoms with Crippen LogP contribution in [0.25, 0.3) is 0 Å². The molecular formula is C23H35NO3. The number of carboxylic acid groups (broad SMARTS) is 1. The third-order valence-corrected chi connectivity index (χ3v) is 5.52. The van der Waals surface area contributed by atoms with E-state index in [2.05, 4.69) is 6.92 Å². The van der Waals surface area contributed by atoms with E-state index < -0.39 is 12.0 Å². The SMILES string of the molecule is CCCCCCCCCCCCCC(=O)N1c2ccccc2C[C@H]1C(=O)O. The van der Waals surface area contributed by atoms with Gasteiger partial charge in [-0.1, -0.05) is 89.3 Å². The van der Waals surface area contributed by atoms with Gasteiger partial charge in [-0.15, -0.1) is 0 Å². The van der Waals surface area contributed by atoms with Crippen molar-refractivity contribution in [1.82, 2.24) is 0 Å². The maximum Gasteiger partial charge on any atom is 0.327 e. The van der Waals surface area contributed by atoms with Crippen molar-refractivity contribution in [1.29, 1.82) is 0 Å². The van der Waals surface area contributed by atoms with Crippen molar-refractivity contribution in [2.75, 3.05) is 4.90 Å². The van der Waals surface area contributed by atoms with Gasteiger partial charge in [-0.05, 0) is 18.1 Å². The summed E-state index contributed by atoms with van der Waals surface area (Å²) < 4.78 is 0. The summed E-state index contributed by atoms with van der Waals surface area (Å²) in [6.07, 6.45) is 14.5. The lowest BCUT2D eigenvalue weighted by molar-refractivity contribution is -0.139. The number of anilines is 1. The van der Waals surface area contributed by atoms with Gasteiger partial charge >= 0.3 is 5.97 Å². The highest BCUT2D eigenvalue weighted by atomic mass is 16.4. The van der Waals surface area contributed by atoms with Gasteiger partial charge < -0.3 is 5.11 Å². The number of fused-ring (bicyclic) bond motifs is 1. The number of carboxylic acids is 1. The molecule has 150 valence electrons. The minimum atomic E-state index is -0.918. The van der Waals surface area contributed by atoms with Crippen molar-refractivity contribution in [2.45, 2.75) is 96.4 Å². The first kappa shape index (κ1) is 21.5. The Morgan fingerprint density at radius 2 is 1.48 bits per heavy atom. The molecule has 0 aliphatic carbocycles. The number of hydrogen-bond donors (Lipinski definition) is 1. The number of nitrogens with zero attached hydrogens (tertiary/aromatic N) is 1. The Kier molecular flexibility index (Phi) is 9.37. The van der Waals surface area contributed by atoms with Crippen LogP contribution in [0.3, 0.4) is 0 Å². The molecule has 1 N–H and O–H groups in total. The largest absolute Gasteiger partial charge is 0.480 e. The zero-order valence-electron chi connectivity index (χ0n) is 16.8. The molecule has 27 heavy (non-hydrogen) atoms. The van der Waals surface area contributed by atoms with Gasteiger partial charge in [0.1, 0.15) is 6.04 Å². The van der Waals surface area contributed by atoms with Crippen molar-refractivity contribution < 1.29 is 14.7 Å². The monoisotopic (exact) mass is 373 g/mol. The van der Waals surface area contributed by atoms with Gasteiger partial charge in [0.05, 0.1) is 0 Å². The number of benzene rings is 1. The molecule has 0 radical (unpaired) electrons. The van der Waals surface area contributed by atoms with E-state index in [1.54, 1.807) is 0 Å². The zero-order valence-corrected chi connectivity index (χ0v) is 16.8. The van der Waals surface area contributed by atoms with E-state index in [4.69, 9.17) is 0 Å². The summed E-state index contributed by atoms with van der Waals surface area (Å²) in [5.74, 6) is -0.971. The van der Waals surface area contributed by atoms with Crippen LogP contribution in [0.1, 0.15) is 89.5 Å². The van der Waals surface area contributed by atoms with Crippen LogP contribution in [0.2, 0.25) is 0 Å². The molecular weight excluding hydrogens is 338 g/mol. The predicted octanol–water partition coefficient (Wildman–Crippen LogP) is 5.73. The Balaban J connectivity index is 1.63. The number of aliphatic carboxylic acids is 1. The summed E-state index contributed by atoms with van der Waals surface area (Å²) in [5, 5.41) is 9.47. The highest BCUT2D eigenvalue weighted by Gasteiger charge is 2.37. The molecule has 0 unspecified atom stereocenters. The van der Waals surface area contributed by atoms with Gasteiger partial charge in [-0.2, -0.15) is 0 Å². The molecule has 4 nitrogen and oxygen atoms in total. The maximum absolute atomic E-state index is 12.6. The lowest BCUT2D eigenvalue weighted by Gasteiger charge is -2.22. The second-order valence-electron chi connectivity index (χ2n) is 7.74. The van der Waals surface area contributed by atoms with Crippen molar-refractivity contribution in [3.05, 3.63) is 29.8 Å². The van der Waals surface area contributed by atoms with Crippen LogP contribution in [0, 0.1) is 0 Å². The number of carbonyl (C=O) groups excluding carboxylic acids is 1. The fourth-order valence-electron chi connectivity index (χ4n) is 3.95. The molecule has 1 aromatic rings. The van der Waals surface area contributed by atoms with E-state index in [0.29, 0.717) is 12.8 Å². The number of rotatable bonds is 13. The minimum absolute atomic E-state index is 0.0525. The molecule has 0 saturated carbocycles.